The van der Waals surface area contributed by atoms with Crippen molar-refractivity contribution < 1.29 is 14.3 Å². The third-order valence-corrected chi connectivity index (χ3v) is 3.75. The number of nitrogens with zero attached hydrogens (tertiary/aromatic N) is 1. The van der Waals surface area contributed by atoms with Crippen LogP contribution in [-0.2, 0) is 9.47 Å². The molecule has 5 nitrogen and oxygen atoms in total. The fraction of sp³-hybridized carbons (Fsp3) is 0.941. The van der Waals surface area contributed by atoms with Crippen LogP contribution in [0.4, 0.5) is 4.79 Å². The van der Waals surface area contributed by atoms with Gasteiger partial charge in [0.05, 0.1) is 6.61 Å². The van der Waals surface area contributed by atoms with Gasteiger partial charge in [0, 0.05) is 30.8 Å². The molecule has 0 aromatic carbocycles. The molecule has 1 aliphatic heterocycles. The Balaban J connectivity index is 2.57. The molecule has 1 unspecified atom stereocenters. The van der Waals surface area contributed by atoms with E-state index in [1.54, 1.807) is 4.90 Å². The maximum atomic E-state index is 12.4. The monoisotopic (exact) mass is 314 g/mol. The summed E-state index contributed by atoms with van der Waals surface area (Å²) in [5.41, 5.74) is -0.735. The zero-order chi connectivity index (χ0) is 17.0. The quantitative estimate of drug-likeness (QED) is 0.866. The van der Waals surface area contributed by atoms with Gasteiger partial charge in [-0.2, -0.15) is 0 Å². The normalized spacial score (nSPS) is 23.2. The van der Waals surface area contributed by atoms with Gasteiger partial charge in [-0.15, -0.1) is 0 Å². The molecule has 0 radical (unpaired) electrons. The van der Waals surface area contributed by atoms with Crippen LogP contribution < -0.4 is 5.32 Å². The van der Waals surface area contributed by atoms with E-state index < -0.39 is 5.60 Å². The van der Waals surface area contributed by atoms with Gasteiger partial charge in [0.2, 0.25) is 0 Å². The van der Waals surface area contributed by atoms with Crippen LogP contribution in [0.3, 0.4) is 0 Å². The summed E-state index contributed by atoms with van der Waals surface area (Å²) < 4.78 is 11.1. The van der Waals surface area contributed by atoms with E-state index in [1.165, 1.54) is 0 Å². The molecule has 130 valence electrons. The second kappa shape index (κ2) is 7.18. The van der Waals surface area contributed by atoms with Crippen molar-refractivity contribution in [2.75, 3.05) is 26.3 Å². The molecule has 22 heavy (non-hydrogen) atoms. The minimum atomic E-state index is -0.475. The molecule has 1 rings (SSSR count). The lowest BCUT2D eigenvalue weighted by atomic mass is 9.95. The van der Waals surface area contributed by atoms with Crippen LogP contribution in [0.5, 0.6) is 0 Å². The Hall–Kier alpha value is -0.810. The average Bonchev–Trinajstić information content (AvgIpc) is 2.31. The van der Waals surface area contributed by atoms with Crippen LogP contribution in [0, 0.1) is 0 Å². The maximum absolute atomic E-state index is 12.4. The van der Waals surface area contributed by atoms with E-state index in [4.69, 9.17) is 9.47 Å². The number of amides is 1. The van der Waals surface area contributed by atoms with E-state index in [-0.39, 0.29) is 17.2 Å². The summed E-state index contributed by atoms with van der Waals surface area (Å²) in [5, 5.41) is 3.54. The van der Waals surface area contributed by atoms with Crippen LogP contribution in [0.1, 0.15) is 61.3 Å². The first-order valence-corrected chi connectivity index (χ1v) is 8.26. The number of hydrogen-bond donors (Lipinski definition) is 1. The molecule has 1 amide bonds. The summed E-state index contributed by atoms with van der Waals surface area (Å²) >= 11 is 0. The summed E-state index contributed by atoms with van der Waals surface area (Å²) in [4.78, 5) is 14.2. The Morgan fingerprint density at radius 1 is 1.27 bits per heavy atom. The zero-order valence-electron chi connectivity index (χ0n) is 15.4. The topological polar surface area (TPSA) is 50.8 Å². The second-order valence-corrected chi connectivity index (χ2v) is 8.45. The summed E-state index contributed by atoms with van der Waals surface area (Å²) in [7, 11) is 0. The summed E-state index contributed by atoms with van der Waals surface area (Å²) in [5.74, 6) is 0. The zero-order valence-corrected chi connectivity index (χ0v) is 15.4. The highest BCUT2D eigenvalue weighted by atomic mass is 16.6. The number of hydrogen-bond acceptors (Lipinski definition) is 4. The third kappa shape index (κ3) is 6.53. The van der Waals surface area contributed by atoms with Crippen molar-refractivity contribution in [2.45, 2.75) is 78.0 Å². The Kier molecular flexibility index (Phi) is 6.27. The number of carbonyl (C=O) groups excluding carboxylic acids is 1. The van der Waals surface area contributed by atoms with E-state index in [0.29, 0.717) is 6.54 Å². The van der Waals surface area contributed by atoms with Crippen LogP contribution >= 0.6 is 0 Å². The molecule has 1 N–H and O–H groups in total. The van der Waals surface area contributed by atoms with Crippen molar-refractivity contribution >= 4 is 6.09 Å². The molecule has 1 aliphatic rings. The van der Waals surface area contributed by atoms with Crippen molar-refractivity contribution in [2.24, 2.45) is 0 Å². The Bertz CT molecular complexity index is 363. The number of nitrogens with one attached hydrogen (secondary N) is 1. The van der Waals surface area contributed by atoms with Crippen molar-refractivity contribution in [3.8, 4) is 0 Å². The molecule has 5 heteroatoms. The van der Waals surface area contributed by atoms with E-state index in [9.17, 15) is 4.79 Å². The SMILES string of the molecule is CC1(NCCN(C(=O)OC(C)(C)C)C(C)(C)C)CCCOC1. The molecular weight excluding hydrogens is 280 g/mol. The molecular formula is C17H34N2O3. The fourth-order valence-corrected chi connectivity index (χ4v) is 2.56. The third-order valence-electron chi connectivity index (χ3n) is 3.75. The first kappa shape index (κ1) is 19.2. The van der Waals surface area contributed by atoms with E-state index in [1.807, 2.05) is 41.5 Å². The minimum absolute atomic E-state index is 0.00966. The minimum Gasteiger partial charge on any atom is -0.444 e. The van der Waals surface area contributed by atoms with Crippen molar-refractivity contribution in [1.82, 2.24) is 10.2 Å². The predicted molar refractivity (Wildman–Crippen MR) is 89.2 cm³/mol. The second-order valence-electron chi connectivity index (χ2n) is 8.45. The molecule has 0 aromatic heterocycles. The highest BCUT2D eigenvalue weighted by Crippen LogP contribution is 2.20. The summed E-state index contributed by atoms with van der Waals surface area (Å²) in [6.45, 7) is 16.9. The summed E-state index contributed by atoms with van der Waals surface area (Å²) in [6.07, 6.45) is 1.93. The molecule has 0 saturated carbocycles. The standard InChI is InChI=1S/C17H34N2O3/c1-15(2,3)19(14(20)22-16(4,5)6)11-10-18-17(7)9-8-12-21-13-17/h18H,8-13H2,1-7H3. The fourth-order valence-electron chi connectivity index (χ4n) is 2.56. The van der Waals surface area contributed by atoms with Crippen molar-refractivity contribution in [1.29, 1.82) is 0 Å². The Morgan fingerprint density at radius 3 is 2.36 bits per heavy atom. The average molecular weight is 314 g/mol. The van der Waals surface area contributed by atoms with Crippen LogP contribution in [0.25, 0.3) is 0 Å². The van der Waals surface area contributed by atoms with E-state index >= 15 is 0 Å². The highest BCUT2D eigenvalue weighted by Gasteiger charge is 2.32. The molecule has 0 spiro atoms. The van der Waals surface area contributed by atoms with Crippen LogP contribution in [0.2, 0.25) is 0 Å². The van der Waals surface area contributed by atoms with Gasteiger partial charge < -0.3 is 19.7 Å². The maximum Gasteiger partial charge on any atom is 0.410 e. The lowest BCUT2D eigenvalue weighted by Gasteiger charge is -2.39. The smallest absolute Gasteiger partial charge is 0.410 e. The summed E-state index contributed by atoms with van der Waals surface area (Å²) in [6, 6.07) is 0. The molecule has 0 aliphatic carbocycles. The molecule has 1 saturated heterocycles. The Labute approximate surface area is 135 Å². The van der Waals surface area contributed by atoms with Gasteiger partial charge in [-0.1, -0.05) is 0 Å². The van der Waals surface area contributed by atoms with Crippen molar-refractivity contribution in [3.05, 3.63) is 0 Å². The van der Waals surface area contributed by atoms with Gasteiger partial charge in [0.15, 0.2) is 0 Å². The number of rotatable bonds is 4. The molecule has 0 bridgehead atoms. The van der Waals surface area contributed by atoms with E-state index in [0.717, 1.165) is 32.6 Å². The molecule has 0 aromatic rings. The molecule has 1 fully saturated rings. The van der Waals surface area contributed by atoms with Crippen molar-refractivity contribution in [3.63, 3.8) is 0 Å². The highest BCUT2D eigenvalue weighted by molar-refractivity contribution is 5.69. The van der Waals surface area contributed by atoms with Gasteiger partial charge in [-0.25, -0.2) is 4.79 Å². The van der Waals surface area contributed by atoms with Gasteiger partial charge in [0.25, 0.3) is 0 Å². The van der Waals surface area contributed by atoms with Gasteiger partial charge >= 0.3 is 6.09 Å². The lowest BCUT2D eigenvalue weighted by molar-refractivity contribution is 0.00272. The van der Waals surface area contributed by atoms with E-state index in [2.05, 4.69) is 12.2 Å². The predicted octanol–water partition coefficient (Wildman–Crippen LogP) is 3.18. The Morgan fingerprint density at radius 2 is 1.91 bits per heavy atom. The van der Waals surface area contributed by atoms with Crippen LogP contribution in [-0.4, -0.2) is 54.0 Å². The van der Waals surface area contributed by atoms with Crippen LogP contribution in [0.15, 0.2) is 0 Å². The van der Waals surface area contributed by atoms with Gasteiger partial charge in [0.1, 0.15) is 5.60 Å². The number of ether oxygens (including phenoxy) is 2. The largest absolute Gasteiger partial charge is 0.444 e. The van der Waals surface area contributed by atoms with Gasteiger partial charge in [-0.3, -0.25) is 0 Å². The number of carbonyl (C=O) groups is 1. The molecule has 1 heterocycles. The first-order chi connectivity index (χ1) is 9.93. The van der Waals surface area contributed by atoms with Gasteiger partial charge in [-0.05, 0) is 61.3 Å². The molecule has 1 atom stereocenters. The first-order valence-electron chi connectivity index (χ1n) is 8.26. The lowest BCUT2D eigenvalue weighted by Crippen LogP contribution is -2.54.